The lowest BCUT2D eigenvalue weighted by atomic mass is 9.89. The Morgan fingerprint density at radius 3 is 3.06 bits per heavy atom. The first-order chi connectivity index (χ1) is 8.45. The zero-order valence-electron chi connectivity index (χ0n) is 10.0. The van der Waals surface area contributed by atoms with Crippen LogP contribution in [0.1, 0.15) is 30.7 Å². The largest absolute Gasteiger partial charge is 0.317 e. The molecule has 2 heteroatoms. The number of hydrogen-bond acceptors (Lipinski definition) is 2. The summed E-state index contributed by atoms with van der Waals surface area (Å²) in [4.78, 5) is 4.44. The first kappa shape index (κ1) is 10.7. The lowest BCUT2D eigenvalue weighted by Crippen LogP contribution is -2.13. The van der Waals surface area contributed by atoms with Crippen molar-refractivity contribution < 1.29 is 0 Å². The molecule has 3 rings (SSSR count). The third-order valence-corrected chi connectivity index (χ3v) is 3.69. The summed E-state index contributed by atoms with van der Waals surface area (Å²) in [6, 6.07) is 10.8. The molecule has 0 spiro atoms. The molecule has 2 nitrogen and oxygen atoms in total. The summed E-state index contributed by atoms with van der Waals surface area (Å²) < 4.78 is 0. The van der Waals surface area contributed by atoms with Crippen molar-refractivity contribution >= 4 is 10.9 Å². The van der Waals surface area contributed by atoms with E-state index in [0.717, 1.165) is 12.1 Å². The molecule has 17 heavy (non-hydrogen) atoms. The Morgan fingerprint density at radius 2 is 2.06 bits per heavy atom. The van der Waals surface area contributed by atoms with Crippen LogP contribution >= 0.6 is 0 Å². The fourth-order valence-electron chi connectivity index (χ4n) is 2.81. The Morgan fingerprint density at radius 1 is 1.06 bits per heavy atom. The Bertz CT molecular complexity index is 494. The number of nitrogens with zero attached hydrogens (tertiary/aromatic N) is 1. The number of benzene rings is 1. The zero-order chi connectivity index (χ0) is 11.5. The maximum atomic E-state index is 4.44. The first-order valence-corrected chi connectivity index (χ1v) is 6.49. The van der Waals surface area contributed by atoms with Gasteiger partial charge in [-0.1, -0.05) is 18.2 Å². The molecule has 1 fully saturated rings. The van der Waals surface area contributed by atoms with Crippen LogP contribution in [0.5, 0.6) is 0 Å². The monoisotopic (exact) mass is 226 g/mol. The van der Waals surface area contributed by atoms with E-state index in [9.17, 15) is 0 Å². The minimum Gasteiger partial charge on any atom is -0.317 e. The molecular formula is C15H18N2. The molecule has 1 aliphatic heterocycles. The van der Waals surface area contributed by atoms with E-state index in [1.54, 1.807) is 0 Å². The van der Waals surface area contributed by atoms with Crippen LogP contribution < -0.4 is 5.32 Å². The highest BCUT2D eigenvalue weighted by Gasteiger charge is 2.16. The molecule has 1 unspecified atom stereocenters. The van der Waals surface area contributed by atoms with Crippen LogP contribution in [0.4, 0.5) is 0 Å². The standard InChI is InChI=1S/C15H18N2/c1-5-13(12-4-2-9-16-11-8-12)14-6-3-10-17-15(14)7-1/h1,3,5-7,10,12,16H,2,4,8-9,11H2. The summed E-state index contributed by atoms with van der Waals surface area (Å²) in [7, 11) is 0. The highest BCUT2D eigenvalue weighted by molar-refractivity contribution is 5.82. The molecular weight excluding hydrogens is 208 g/mol. The number of nitrogens with one attached hydrogen (secondary N) is 1. The maximum Gasteiger partial charge on any atom is 0.0704 e. The van der Waals surface area contributed by atoms with E-state index in [1.165, 1.54) is 36.8 Å². The van der Waals surface area contributed by atoms with Crippen molar-refractivity contribution in [2.75, 3.05) is 13.1 Å². The lowest BCUT2D eigenvalue weighted by molar-refractivity contribution is 0.613. The van der Waals surface area contributed by atoms with Crippen LogP contribution in [-0.4, -0.2) is 18.1 Å². The Labute approximate surface area is 102 Å². The molecule has 0 aliphatic carbocycles. The highest BCUT2D eigenvalue weighted by atomic mass is 14.8. The van der Waals surface area contributed by atoms with E-state index in [-0.39, 0.29) is 0 Å². The Kier molecular flexibility index (Phi) is 3.06. The van der Waals surface area contributed by atoms with Crippen molar-refractivity contribution in [3.05, 3.63) is 42.1 Å². The van der Waals surface area contributed by atoms with Gasteiger partial charge in [0.05, 0.1) is 5.52 Å². The Hall–Kier alpha value is -1.41. The van der Waals surface area contributed by atoms with E-state index in [4.69, 9.17) is 0 Å². The molecule has 88 valence electrons. The lowest BCUT2D eigenvalue weighted by Gasteiger charge is -2.16. The van der Waals surface area contributed by atoms with Crippen molar-refractivity contribution in [3.8, 4) is 0 Å². The van der Waals surface area contributed by atoms with E-state index in [0.29, 0.717) is 5.92 Å². The van der Waals surface area contributed by atoms with Crippen LogP contribution in [0.2, 0.25) is 0 Å². The van der Waals surface area contributed by atoms with Crippen LogP contribution in [0.3, 0.4) is 0 Å². The van der Waals surface area contributed by atoms with Gasteiger partial charge in [-0.3, -0.25) is 4.98 Å². The maximum absolute atomic E-state index is 4.44. The quantitative estimate of drug-likeness (QED) is 0.808. The minimum atomic E-state index is 0.692. The average Bonchev–Trinajstić information content (AvgIpc) is 2.67. The van der Waals surface area contributed by atoms with Crippen LogP contribution in [0.15, 0.2) is 36.5 Å². The summed E-state index contributed by atoms with van der Waals surface area (Å²) in [5.74, 6) is 0.692. The summed E-state index contributed by atoms with van der Waals surface area (Å²) in [6.45, 7) is 2.31. The van der Waals surface area contributed by atoms with Crippen LogP contribution in [-0.2, 0) is 0 Å². The molecule has 1 aliphatic rings. The van der Waals surface area contributed by atoms with Gasteiger partial charge in [0.2, 0.25) is 0 Å². The molecule has 1 atom stereocenters. The van der Waals surface area contributed by atoms with Crippen molar-refractivity contribution in [3.63, 3.8) is 0 Å². The van der Waals surface area contributed by atoms with Gasteiger partial charge in [0, 0.05) is 11.6 Å². The molecule has 2 aromatic rings. The van der Waals surface area contributed by atoms with Gasteiger partial charge in [-0.15, -0.1) is 0 Å². The van der Waals surface area contributed by atoms with Gasteiger partial charge < -0.3 is 5.32 Å². The molecule has 0 amide bonds. The van der Waals surface area contributed by atoms with Crippen molar-refractivity contribution in [1.82, 2.24) is 10.3 Å². The molecule has 0 saturated carbocycles. The summed E-state index contributed by atoms with van der Waals surface area (Å²) in [6.07, 6.45) is 5.69. The summed E-state index contributed by atoms with van der Waals surface area (Å²) in [5, 5.41) is 4.81. The number of hydrogen-bond donors (Lipinski definition) is 1. The highest BCUT2D eigenvalue weighted by Crippen LogP contribution is 2.31. The predicted molar refractivity (Wildman–Crippen MR) is 71.2 cm³/mol. The summed E-state index contributed by atoms with van der Waals surface area (Å²) in [5.41, 5.74) is 2.61. The molecule has 0 bridgehead atoms. The van der Waals surface area contributed by atoms with E-state index in [2.05, 4.69) is 34.6 Å². The van der Waals surface area contributed by atoms with Gasteiger partial charge in [-0.05, 0) is 56.0 Å². The first-order valence-electron chi connectivity index (χ1n) is 6.49. The normalized spacial score (nSPS) is 21.3. The predicted octanol–water partition coefficient (Wildman–Crippen LogP) is 3.09. The van der Waals surface area contributed by atoms with E-state index >= 15 is 0 Å². The SMILES string of the molecule is c1cc(C2CCCNCC2)c2cccnc2c1. The van der Waals surface area contributed by atoms with Gasteiger partial charge in [-0.2, -0.15) is 0 Å². The fraction of sp³-hybridized carbons (Fsp3) is 0.400. The third kappa shape index (κ3) is 2.18. The molecule has 1 aromatic heterocycles. The number of aromatic nitrogens is 1. The Balaban J connectivity index is 2.03. The topological polar surface area (TPSA) is 24.9 Å². The molecule has 0 radical (unpaired) electrons. The van der Waals surface area contributed by atoms with Crippen LogP contribution in [0.25, 0.3) is 10.9 Å². The van der Waals surface area contributed by atoms with Gasteiger partial charge in [0.25, 0.3) is 0 Å². The molecule has 1 aromatic carbocycles. The fourth-order valence-corrected chi connectivity index (χ4v) is 2.81. The van der Waals surface area contributed by atoms with Gasteiger partial charge in [-0.25, -0.2) is 0 Å². The second-order valence-electron chi connectivity index (χ2n) is 4.80. The van der Waals surface area contributed by atoms with E-state index < -0.39 is 0 Å². The van der Waals surface area contributed by atoms with Crippen LogP contribution in [0, 0.1) is 0 Å². The van der Waals surface area contributed by atoms with Crippen molar-refractivity contribution in [1.29, 1.82) is 0 Å². The number of rotatable bonds is 1. The van der Waals surface area contributed by atoms with Gasteiger partial charge >= 0.3 is 0 Å². The minimum absolute atomic E-state index is 0.692. The number of fused-ring (bicyclic) bond motifs is 1. The second-order valence-corrected chi connectivity index (χ2v) is 4.80. The molecule has 1 N–H and O–H groups in total. The van der Waals surface area contributed by atoms with E-state index in [1.807, 2.05) is 12.3 Å². The third-order valence-electron chi connectivity index (χ3n) is 3.69. The van der Waals surface area contributed by atoms with Gasteiger partial charge in [0.15, 0.2) is 0 Å². The second kappa shape index (κ2) is 4.84. The van der Waals surface area contributed by atoms with Crippen molar-refractivity contribution in [2.45, 2.75) is 25.2 Å². The molecule has 2 heterocycles. The summed E-state index contributed by atoms with van der Waals surface area (Å²) >= 11 is 0. The zero-order valence-corrected chi connectivity index (χ0v) is 10.0. The number of pyridine rings is 1. The van der Waals surface area contributed by atoms with Gasteiger partial charge in [0.1, 0.15) is 0 Å². The smallest absolute Gasteiger partial charge is 0.0704 e. The molecule has 1 saturated heterocycles. The average molecular weight is 226 g/mol. The van der Waals surface area contributed by atoms with Crippen molar-refractivity contribution in [2.24, 2.45) is 0 Å².